The summed E-state index contributed by atoms with van der Waals surface area (Å²) >= 11 is 1.37. The van der Waals surface area contributed by atoms with E-state index in [-0.39, 0.29) is 23.6 Å². The van der Waals surface area contributed by atoms with Gasteiger partial charge >= 0.3 is 0 Å². The van der Waals surface area contributed by atoms with Crippen molar-refractivity contribution in [2.45, 2.75) is 81.4 Å². The van der Waals surface area contributed by atoms with Crippen molar-refractivity contribution >= 4 is 29.3 Å². The molecule has 0 atom stereocenters. The van der Waals surface area contributed by atoms with E-state index in [0.29, 0.717) is 23.7 Å². The number of aromatic nitrogens is 3. The average Bonchev–Trinajstić information content (AvgIpc) is 3.49. The number of allylic oxidation sites excluding steroid dienone is 1. The highest BCUT2D eigenvalue weighted by atomic mass is 32.2. The Labute approximate surface area is 199 Å². The summed E-state index contributed by atoms with van der Waals surface area (Å²) in [5.74, 6) is 1.33. The van der Waals surface area contributed by atoms with E-state index in [1.165, 1.54) is 31.0 Å². The van der Waals surface area contributed by atoms with Gasteiger partial charge in [-0.2, -0.15) is 0 Å². The molecule has 2 aliphatic carbocycles. The molecule has 0 radical (unpaired) electrons. The first-order chi connectivity index (χ1) is 16.2. The largest absolute Gasteiger partial charge is 0.349 e. The van der Waals surface area contributed by atoms with Gasteiger partial charge in [0.15, 0.2) is 5.16 Å². The smallest absolute Gasteiger partial charge is 0.253 e. The lowest BCUT2D eigenvalue weighted by molar-refractivity contribution is -0.113. The van der Waals surface area contributed by atoms with E-state index in [2.05, 4.69) is 32.0 Å². The van der Waals surface area contributed by atoms with E-state index < -0.39 is 0 Å². The lowest BCUT2D eigenvalue weighted by Gasteiger charge is -2.21. The molecule has 2 aliphatic rings. The quantitative estimate of drug-likeness (QED) is 0.404. The Bertz CT molecular complexity index is 977. The van der Waals surface area contributed by atoms with Gasteiger partial charge in [0.2, 0.25) is 5.91 Å². The molecule has 1 heterocycles. The molecule has 2 saturated carbocycles. The first-order valence-electron chi connectivity index (χ1n) is 12.0. The zero-order chi connectivity index (χ0) is 23.0. The maximum Gasteiger partial charge on any atom is 0.253 e. The second kappa shape index (κ2) is 11.5. The molecule has 7 nitrogen and oxygen atoms in total. The number of hydrogen-bond acceptors (Lipinski definition) is 5. The van der Waals surface area contributed by atoms with Crippen molar-refractivity contribution in [1.29, 1.82) is 0 Å². The third-order valence-corrected chi connectivity index (χ3v) is 7.46. The highest BCUT2D eigenvalue weighted by Crippen LogP contribution is 2.33. The van der Waals surface area contributed by atoms with Gasteiger partial charge in [0.1, 0.15) is 5.82 Å². The van der Waals surface area contributed by atoms with Crippen LogP contribution in [0.25, 0.3) is 0 Å². The van der Waals surface area contributed by atoms with Crippen LogP contribution >= 0.6 is 11.8 Å². The predicted molar refractivity (Wildman–Crippen MR) is 132 cm³/mol. The van der Waals surface area contributed by atoms with Gasteiger partial charge in [-0.05, 0) is 37.8 Å². The minimum absolute atomic E-state index is 0.131. The molecule has 1 aromatic heterocycles. The van der Waals surface area contributed by atoms with Crippen LogP contribution in [-0.2, 0) is 11.3 Å². The third-order valence-electron chi connectivity index (χ3n) is 6.50. The SMILES string of the molecule is C=CCn1c(SCC(=O)Nc2ccccc2C(=O)NC2CCCC2)nnc1C1CCCCC1. The van der Waals surface area contributed by atoms with Gasteiger partial charge in [-0.1, -0.05) is 62.1 Å². The van der Waals surface area contributed by atoms with Crippen LogP contribution in [0.5, 0.6) is 0 Å². The van der Waals surface area contributed by atoms with Crippen molar-refractivity contribution in [3.05, 3.63) is 48.3 Å². The molecule has 1 aromatic carbocycles. The molecule has 0 bridgehead atoms. The summed E-state index contributed by atoms with van der Waals surface area (Å²) < 4.78 is 2.09. The second-order valence-corrected chi connectivity index (χ2v) is 9.85. The molecule has 2 N–H and O–H groups in total. The summed E-state index contributed by atoms with van der Waals surface area (Å²) in [4.78, 5) is 25.5. The Morgan fingerprint density at radius 1 is 1.06 bits per heavy atom. The number of benzene rings is 1. The van der Waals surface area contributed by atoms with Crippen LogP contribution in [-0.4, -0.2) is 38.4 Å². The molecule has 33 heavy (non-hydrogen) atoms. The van der Waals surface area contributed by atoms with Gasteiger partial charge in [-0.15, -0.1) is 16.8 Å². The highest BCUT2D eigenvalue weighted by Gasteiger charge is 2.24. The van der Waals surface area contributed by atoms with Crippen molar-refractivity contribution in [3.63, 3.8) is 0 Å². The van der Waals surface area contributed by atoms with Gasteiger partial charge in [-0.3, -0.25) is 9.59 Å². The van der Waals surface area contributed by atoms with E-state index in [1.807, 2.05) is 18.2 Å². The predicted octanol–water partition coefficient (Wildman–Crippen LogP) is 4.92. The number of carbonyl (C=O) groups is 2. The van der Waals surface area contributed by atoms with Crippen LogP contribution in [0, 0.1) is 0 Å². The minimum atomic E-state index is -0.173. The number of thioether (sulfide) groups is 1. The van der Waals surface area contributed by atoms with E-state index in [0.717, 1.165) is 49.5 Å². The van der Waals surface area contributed by atoms with E-state index >= 15 is 0 Å². The molecular formula is C25H33N5O2S. The van der Waals surface area contributed by atoms with E-state index in [1.54, 1.807) is 12.1 Å². The summed E-state index contributed by atoms with van der Waals surface area (Å²) in [6, 6.07) is 7.40. The number of nitrogens with one attached hydrogen (secondary N) is 2. The summed E-state index contributed by atoms with van der Waals surface area (Å²) in [6.07, 6.45) is 12.2. The Morgan fingerprint density at radius 3 is 2.55 bits per heavy atom. The number of nitrogens with zero attached hydrogens (tertiary/aromatic N) is 3. The number of amides is 2. The van der Waals surface area contributed by atoms with Crippen molar-refractivity contribution in [2.24, 2.45) is 0 Å². The van der Waals surface area contributed by atoms with Gasteiger partial charge in [0, 0.05) is 18.5 Å². The van der Waals surface area contributed by atoms with Crippen LogP contribution in [0.2, 0.25) is 0 Å². The molecule has 0 unspecified atom stereocenters. The summed E-state index contributed by atoms with van der Waals surface area (Å²) in [5, 5.41) is 15.6. The first-order valence-corrected chi connectivity index (χ1v) is 13.0. The van der Waals surface area contributed by atoms with Gasteiger partial charge in [0.25, 0.3) is 5.91 Å². The molecule has 2 aromatic rings. The fraction of sp³-hybridized carbons (Fsp3) is 0.520. The van der Waals surface area contributed by atoms with Crippen LogP contribution in [0.4, 0.5) is 5.69 Å². The Balaban J connectivity index is 1.38. The number of hydrogen-bond donors (Lipinski definition) is 2. The van der Waals surface area contributed by atoms with Gasteiger partial charge < -0.3 is 15.2 Å². The second-order valence-electron chi connectivity index (χ2n) is 8.91. The number of anilines is 1. The van der Waals surface area contributed by atoms with E-state index in [9.17, 15) is 9.59 Å². The van der Waals surface area contributed by atoms with E-state index in [4.69, 9.17) is 0 Å². The molecular weight excluding hydrogens is 434 g/mol. The number of carbonyl (C=O) groups excluding carboxylic acids is 2. The molecule has 0 saturated heterocycles. The summed E-state index contributed by atoms with van der Waals surface area (Å²) in [7, 11) is 0. The summed E-state index contributed by atoms with van der Waals surface area (Å²) in [6.45, 7) is 4.51. The number of para-hydroxylation sites is 1. The van der Waals surface area contributed by atoms with Crippen molar-refractivity contribution in [1.82, 2.24) is 20.1 Å². The fourth-order valence-corrected chi connectivity index (χ4v) is 5.56. The van der Waals surface area contributed by atoms with Crippen molar-refractivity contribution in [3.8, 4) is 0 Å². The van der Waals surface area contributed by atoms with Crippen LogP contribution in [0.15, 0.2) is 42.1 Å². The maximum absolute atomic E-state index is 12.8. The average molecular weight is 468 g/mol. The van der Waals surface area contributed by atoms with Crippen molar-refractivity contribution in [2.75, 3.05) is 11.1 Å². The normalized spacial score (nSPS) is 17.1. The van der Waals surface area contributed by atoms with Gasteiger partial charge in [0.05, 0.1) is 17.0 Å². The standard InChI is InChI=1S/C25H33N5O2S/c1-2-16-30-23(18-10-4-3-5-11-18)28-29-25(30)33-17-22(31)27-21-15-9-8-14-20(21)24(32)26-19-12-6-7-13-19/h2,8-9,14-15,18-19H,1,3-7,10-13,16-17H2,(H,26,32)(H,27,31). The van der Waals surface area contributed by atoms with Gasteiger partial charge in [-0.25, -0.2) is 0 Å². The zero-order valence-corrected chi connectivity index (χ0v) is 19.9. The molecule has 4 rings (SSSR count). The van der Waals surface area contributed by atoms with Crippen LogP contribution in [0.1, 0.15) is 79.9 Å². The Hall–Kier alpha value is -2.61. The molecule has 0 aliphatic heterocycles. The molecule has 2 fully saturated rings. The van der Waals surface area contributed by atoms with Crippen molar-refractivity contribution < 1.29 is 9.59 Å². The monoisotopic (exact) mass is 467 g/mol. The Kier molecular flexibility index (Phi) is 8.20. The van der Waals surface area contributed by atoms with Crippen LogP contribution in [0.3, 0.4) is 0 Å². The fourth-order valence-electron chi connectivity index (χ4n) is 4.81. The third kappa shape index (κ3) is 6.05. The lowest BCUT2D eigenvalue weighted by Crippen LogP contribution is -2.33. The Morgan fingerprint density at radius 2 is 1.79 bits per heavy atom. The lowest BCUT2D eigenvalue weighted by atomic mass is 9.89. The molecule has 0 spiro atoms. The molecule has 8 heteroatoms. The molecule has 2 amide bonds. The maximum atomic E-state index is 12.8. The zero-order valence-electron chi connectivity index (χ0n) is 19.1. The number of rotatable bonds is 9. The molecule has 176 valence electrons. The topological polar surface area (TPSA) is 88.9 Å². The minimum Gasteiger partial charge on any atom is -0.349 e. The summed E-state index contributed by atoms with van der Waals surface area (Å²) in [5.41, 5.74) is 1.03. The highest BCUT2D eigenvalue weighted by molar-refractivity contribution is 7.99. The van der Waals surface area contributed by atoms with Crippen LogP contribution < -0.4 is 10.6 Å². The first kappa shape index (κ1) is 23.5.